The van der Waals surface area contributed by atoms with Crippen LogP contribution in [0, 0.1) is 0 Å². The topological polar surface area (TPSA) is 120 Å². The van der Waals surface area contributed by atoms with E-state index in [-0.39, 0.29) is 19.0 Å². The number of thiazole rings is 1. The number of hydrazine groups is 1. The van der Waals surface area contributed by atoms with E-state index in [0.29, 0.717) is 0 Å². The molecule has 3 rings (SSSR count). The number of hydrogen-bond acceptors (Lipinski definition) is 8. The van der Waals surface area contributed by atoms with Crippen LogP contribution < -0.4 is 10.9 Å². The maximum absolute atomic E-state index is 11.6. The fourth-order valence-corrected chi connectivity index (χ4v) is 2.93. The van der Waals surface area contributed by atoms with Crippen LogP contribution in [0.25, 0.3) is 10.2 Å². The van der Waals surface area contributed by atoms with Crippen LogP contribution in [0.3, 0.4) is 0 Å². The van der Waals surface area contributed by atoms with Crippen molar-refractivity contribution in [2.24, 2.45) is 0 Å². The number of amides is 2. The Kier molecular flexibility index (Phi) is 6.13. The molecule has 2 N–H and O–H groups in total. The number of nitrogens with zero attached hydrogens (tertiary/aromatic N) is 1. The SMILES string of the molecule is O=C(COC(=O)COCc1nc2ccccc2s1)NNC(=O)c1ccco1. The molecule has 0 aliphatic carbocycles. The number of aromatic nitrogens is 1. The average molecular weight is 389 g/mol. The fraction of sp³-hybridized carbons (Fsp3) is 0.176. The lowest BCUT2D eigenvalue weighted by Gasteiger charge is -2.07. The Labute approximate surface area is 157 Å². The summed E-state index contributed by atoms with van der Waals surface area (Å²) in [6.07, 6.45) is 1.33. The van der Waals surface area contributed by atoms with Gasteiger partial charge in [0.25, 0.3) is 5.91 Å². The molecule has 9 nitrogen and oxygen atoms in total. The van der Waals surface area contributed by atoms with Crippen molar-refractivity contribution in [3.63, 3.8) is 0 Å². The Bertz CT molecular complexity index is 904. The zero-order valence-corrected chi connectivity index (χ0v) is 14.8. The predicted octanol–water partition coefficient (Wildman–Crippen LogP) is 1.41. The van der Waals surface area contributed by atoms with Gasteiger partial charge in [-0.25, -0.2) is 9.78 Å². The lowest BCUT2D eigenvalue weighted by Crippen LogP contribution is -2.43. The summed E-state index contributed by atoms with van der Waals surface area (Å²) in [5.41, 5.74) is 5.09. The summed E-state index contributed by atoms with van der Waals surface area (Å²) >= 11 is 1.48. The van der Waals surface area contributed by atoms with Crippen molar-refractivity contribution in [2.75, 3.05) is 13.2 Å². The van der Waals surface area contributed by atoms with Crippen LogP contribution in [-0.2, 0) is 25.7 Å². The second-order valence-corrected chi connectivity index (χ2v) is 6.32. The summed E-state index contributed by atoms with van der Waals surface area (Å²) in [6, 6.07) is 10.6. The first-order valence-corrected chi connectivity index (χ1v) is 8.64. The maximum atomic E-state index is 11.6. The number of furan rings is 1. The Balaban J connectivity index is 1.32. The molecule has 0 radical (unpaired) electrons. The van der Waals surface area contributed by atoms with E-state index in [1.807, 2.05) is 24.3 Å². The molecule has 1 aromatic carbocycles. The van der Waals surface area contributed by atoms with Crippen molar-refractivity contribution >= 4 is 39.3 Å². The summed E-state index contributed by atoms with van der Waals surface area (Å²) < 4.78 is 15.9. The van der Waals surface area contributed by atoms with E-state index in [1.165, 1.54) is 29.7 Å². The van der Waals surface area contributed by atoms with Gasteiger partial charge in [-0.3, -0.25) is 20.4 Å². The first kappa shape index (κ1) is 18.5. The lowest BCUT2D eigenvalue weighted by molar-refractivity contribution is -0.153. The highest BCUT2D eigenvalue weighted by Gasteiger charge is 2.12. The van der Waals surface area contributed by atoms with E-state index in [0.717, 1.165) is 15.2 Å². The van der Waals surface area contributed by atoms with Gasteiger partial charge in [0, 0.05) is 0 Å². The molecule has 140 valence electrons. The van der Waals surface area contributed by atoms with Gasteiger partial charge >= 0.3 is 11.9 Å². The number of benzene rings is 1. The number of carbonyl (C=O) groups is 3. The molecule has 2 amide bonds. The van der Waals surface area contributed by atoms with Crippen molar-refractivity contribution in [1.29, 1.82) is 0 Å². The molecule has 2 heterocycles. The van der Waals surface area contributed by atoms with Gasteiger partial charge in [0.1, 0.15) is 11.6 Å². The summed E-state index contributed by atoms with van der Waals surface area (Å²) in [6.45, 7) is -0.705. The molecule has 27 heavy (non-hydrogen) atoms. The van der Waals surface area contributed by atoms with Crippen LogP contribution in [0.15, 0.2) is 47.1 Å². The lowest BCUT2D eigenvalue weighted by atomic mass is 10.3. The normalized spacial score (nSPS) is 10.5. The van der Waals surface area contributed by atoms with Crippen molar-refractivity contribution < 1.29 is 28.3 Å². The molecule has 3 aromatic rings. The molecule has 0 aliphatic heterocycles. The Morgan fingerprint density at radius 1 is 1.07 bits per heavy atom. The van der Waals surface area contributed by atoms with Crippen LogP contribution >= 0.6 is 11.3 Å². The number of para-hydroxylation sites is 1. The maximum Gasteiger partial charge on any atom is 0.332 e. The Hall–Kier alpha value is -3.24. The molecule has 10 heteroatoms. The van der Waals surface area contributed by atoms with Crippen LogP contribution in [0.2, 0.25) is 0 Å². The number of carbonyl (C=O) groups excluding carboxylic acids is 3. The van der Waals surface area contributed by atoms with Gasteiger partial charge in [-0.2, -0.15) is 0 Å². The van der Waals surface area contributed by atoms with Gasteiger partial charge < -0.3 is 13.9 Å². The fourth-order valence-electron chi connectivity index (χ4n) is 2.02. The van der Waals surface area contributed by atoms with Gasteiger partial charge in [-0.15, -0.1) is 11.3 Å². The first-order valence-electron chi connectivity index (χ1n) is 7.82. The van der Waals surface area contributed by atoms with Gasteiger partial charge in [-0.1, -0.05) is 12.1 Å². The van der Waals surface area contributed by atoms with E-state index in [9.17, 15) is 14.4 Å². The average Bonchev–Trinajstić information content (AvgIpc) is 3.33. The van der Waals surface area contributed by atoms with Crippen molar-refractivity contribution in [3.05, 3.63) is 53.4 Å². The molecule has 0 spiro atoms. The molecule has 0 saturated heterocycles. The van der Waals surface area contributed by atoms with Crippen molar-refractivity contribution in [1.82, 2.24) is 15.8 Å². The van der Waals surface area contributed by atoms with Gasteiger partial charge in [0.15, 0.2) is 12.4 Å². The second-order valence-electron chi connectivity index (χ2n) is 5.21. The first-order chi connectivity index (χ1) is 13.1. The number of rotatable bonds is 7. The van der Waals surface area contributed by atoms with Crippen molar-refractivity contribution in [2.45, 2.75) is 6.61 Å². The summed E-state index contributed by atoms with van der Waals surface area (Å²) in [5.74, 6) is -1.99. The third-order valence-corrected chi connectivity index (χ3v) is 4.22. The molecule has 0 atom stereocenters. The number of fused-ring (bicyclic) bond motifs is 1. The largest absolute Gasteiger partial charge is 0.459 e. The quantitative estimate of drug-likeness (QED) is 0.463. The zero-order valence-electron chi connectivity index (χ0n) is 14.0. The highest BCUT2D eigenvalue weighted by molar-refractivity contribution is 7.18. The molecule has 0 bridgehead atoms. The van der Waals surface area contributed by atoms with Crippen LogP contribution in [-0.4, -0.2) is 36.0 Å². The Morgan fingerprint density at radius 2 is 1.93 bits per heavy atom. The molecule has 2 aromatic heterocycles. The zero-order chi connectivity index (χ0) is 19.1. The molecular weight excluding hydrogens is 374 g/mol. The van der Waals surface area contributed by atoms with E-state index in [2.05, 4.69) is 15.8 Å². The molecule has 0 saturated carbocycles. The minimum absolute atomic E-state index is 0.0375. The van der Waals surface area contributed by atoms with Crippen LogP contribution in [0.5, 0.6) is 0 Å². The van der Waals surface area contributed by atoms with Gasteiger partial charge in [-0.05, 0) is 24.3 Å². The highest BCUT2D eigenvalue weighted by Crippen LogP contribution is 2.21. The number of ether oxygens (including phenoxy) is 2. The molecule has 0 unspecified atom stereocenters. The summed E-state index contributed by atoms with van der Waals surface area (Å²) in [4.78, 5) is 39.0. The van der Waals surface area contributed by atoms with E-state index in [4.69, 9.17) is 13.9 Å². The minimum atomic E-state index is -0.705. The van der Waals surface area contributed by atoms with E-state index in [1.54, 1.807) is 0 Å². The van der Waals surface area contributed by atoms with Crippen molar-refractivity contribution in [3.8, 4) is 0 Å². The molecular formula is C17H15N3O6S. The predicted molar refractivity (Wildman–Crippen MR) is 94.6 cm³/mol. The third-order valence-electron chi connectivity index (χ3n) is 3.21. The number of esters is 1. The standard InChI is InChI=1S/C17H15N3O6S/c21-14(19-20-17(23)12-5-3-7-25-12)8-26-16(22)10-24-9-15-18-11-4-1-2-6-13(11)27-15/h1-7H,8-10H2,(H,19,21)(H,20,23). The van der Waals surface area contributed by atoms with Crippen LogP contribution in [0.4, 0.5) is 0 Å². The molecule has 0 fully saturated rings. The minimum Gasteiger partial charge on any atom is -0.459 e. The molecule has 0 aliphatic rings. The van der Waals surface area contributed by atoms with Crippen LogP contribution in [0.1, 0.15) is 15.6 Å². The van der Waals surface area contributed by atoms with E-state index < -0.39 is 24.4 Å². The number of hydrogen-bond donors (Lipinski definition) is 2. The highest BCUT2D eigenvalue weighted by atomic mass is 32.1. The Morgan fingerprint density at radius 3 is 2.70 bits per heavy atom. The summed E-state index contributed by atoms with van der Waals surface area (Å²) in [5, 5.41) is 0.738. The third kappa shape index (κ3) is 5.36. The van der Waals surface area contributed by atoms with E-state index >= 15 is 0 Å². The number of nitrogens with one attached hydrogen (secondary N) is 2. The van der Waals surface area contributed by atoms with Gasteiger partial charge in [0.05, 0.1) is 23.1 Å². The monoisotopic (exact) mass is 389 g/mol. The smallest absolute Gasteiger partial charge is 0.332 e. The van der Waals surface area contributed by atoms with Gasteiger partial charge in [0.2, 0.25) is 0 Å². The second kappa shape index (κ2) is 8.92. The summed E-state index contributed by atoms with van der Waals surface area (Å²) in [7, 11) is 0.